The Labute approximate surface area is 171 Å². The molecular formula is C21H29ClN4O2. The van der Waals surface area contributed by atoms with E-state index in [9.17, 15) is 4.79 Å². The first-order valence-corrected chi connectivity index (χ1v) is 10.1. The highest BCUT2D eigenvalue weighted by Crippen LogP contribution is 2.20. The monoisotopic (exact) mass is 404 g/mol. The predicted molar refractivity (Wildman–Crippen MR) is 111 cm³/mol. The van der Waals surface area contributed by atoms with Crippen molar-refractivity contribution in [2.75, 3.05) is 32.8 Å². The van der Waals surface area contributed by atoms with Gasteiger partial charge in [0.2, 0.25) is 5.91 Å². The maximum Gasteiger partial charge on any atom is 0.224 e. The van der Waals surface area contributed by atoms with Crippen LogP contribution in [-0.4, -0.2) is 59.0 Å². The average Bonchev–Trinajstić information content (AvgIpc) is 2.96. The lowest BCUT2D eigenvalue weighted by Gasteiger charge is -2.40. The average molecular weight is 405 g/mol. The second-order valence-electron chi connectivity index (χ2n) is 7.90. The van der Waals surface area contributed by atoms with Gasteiger partial charge in [-0.1, -0.05) is 11.6 Å². The summed E-state index contributed by atoms with van der Waals surface area (Å²) in [5, 5.41) is 8.41. The standard InChI is InChI=1S/C21H29ClN4O2/c1-15-19(16(2)26(24-15)18-7-5-17(22)6-8-18)13-20(27)23-14-21(3,4)25-9-11-28-12-10-25/h5-8H,9-14H2,1-4H3,(H,23,27). The maximum absolute atomic E-state index is 12.6. The van der Waals surface area contributed by atoms with Gasteiger partial charge in [-0.05, 0) is 52.0 Å². The fourth-order valence-corrected chi connectivity index (χ4v) is 3.71. The summed E-state index contributed by atoms with van der Waals surface area (Å²) in [6.07, 6.45) is 0.324. The summed E-state index contributed by atoms with van der Waals surface area (Å²) in [5.41, 5.74) is 3.65. The predicted octanol–water partition coefficient (Wildman–Crippen LogP) is 2.91. The van der Waals surface area contributed by atoms with E-state index in [1.807, 2.05) is 42.8 Å². The van der Waals surface area contributed by atoms with Crippen LogP contribution in [-0.2, 0) is 16.0 Å². The number of carbonyl (C=O) groups is 1. The van der Waals surface area contributed by atoms with Gasteiger partial charge in [0.1, 0.15) is 0 Å². The fourth-order valence-electron chi connectivity index (χ4n) is 3.58. The van der Waals surface area contributed by atoms with Crippen molar-refractivity contribution in [2.24, 2.45) is 0 Å². The van der Waals surface area contributed by atoms with Crippen molar-refractivity contribution in [1.29, 1.82) is 0 Å². The van der Waals surface area contributed by atoms with Gasteiger partial charge in [0.15, 0.2) is 0 Å². The third kappa shape index (κ3) is 4.74. The van der Waals surface area contributed by atoms with E-state index in [4.69, 9.17) is 16.3 Å². The molecule has 0 bridgehead atoms. The van der Waals surface area contributed by atoms with E-state index in [-0.39, 0.29) is 11.4 Å². The number of ether oxygens (including phenoxy) is 1. The van der Waals surface area contributed by atoms with Gasteiger partial charge in [-0.15, -0.1) is 0 Å². The largest absolute Gasteiger partial charge is 0.379 e. The summed E-state index contributed by atoms with van der Waals surface area (Å²) < 4.78 is 7.29. The van der Waals surface area contributed by atoms with Gasteiger partial charge < -0.3 is 10.1 Å². The Bertz CT molecular complexity index is 824. The van der Waals surface area contributed by atoms with Gasteiger partial charge in [0, 0.05) is 41.5 Å². The lowest BCUT2D eigenvalue weighted by atomic mass is 10.0. The Morgan fingerprint density at radius 3 is 2.50 bits per heavy atom. The van der Waals surface area contributed by atoms with E-state index in [1.165, 1.54) is 0 Å². The minimum absolute atomic E-state index is 0.0168. The molecule has 0 aliphatic carbocycles. The van der Waals surface area contributed by atoms with E-state index < -0.39 is 0 Å². The molecule has 28 heavy (non-hydrogen) atoms. The minimum Gasteiger partial charge on any atom is -0.379 e. The summed E-state index contributed by atoms with van der Waals surface area (Å²) >= 11 is 5.98. The quantitative estimate of drug-likeness (QED) is 0.804. The summed E-state index contributed by atoms with van der Waals surface area (Å²) in [6.45, 7) is 12.2. The van der Waals surface area contributed by atoms with Crippen LogP contribution in [0.25, 0.3) is 5.69 Å². The molecule has 0 radical (unpaired) electrons. The molecule has 1 aromatic heterocycles. The van der Waals surface area contributed by atoms with Gasteiger partial charge in [-0.25, -0.2) is 4.68 Å². The molecule has 2 heterocycles. The van der Waals surface area contributed by atoms with Gasteiger partial charge >= 0.3 is 0 Å². The minimum atomic E-state index is -0.100. The molecule has 0 saturated carbocycles. The Hall–Kier alpha value is -1.89. The number of carbonyl (C=O) groups excluding carboxylic acids is 1. The number of hydrogen-bond donors (Lipinski definition) is 1. The molecule has 1 saturated heterocycles. The second kappa shape index (κ2) is 8.64. The molecule has 1 N–H and O–H groups in total. The van der Waals surface area contributed by atoms with Crippen molar-refractivity contribution in [2.45, 2.75) is 39.7 Å². The highest BCUT2D eigenvalue weighted by molar-refractivity contribution is 6.30. The van der Waals surface area contributed by atoms with Crippen molar-refractivity contribution >= 4 is 17.5 Å². The zero-order chi connectivity index (χ0) is 20.3. The van der Waals surface area contributed by atoms with E-state index in [1.54, 1.807) is 0 Å². The van der Waals surface area contributed by atoms with Crippen LogP contribution in [0.4, 0.5) is 0 Å². The Kier molecular flexibility index (Phi) is 6.43. The summed E-state index contributed by atoms with van der Waals surface area (Å²) in [7, 11) is 0. The first-order valence-electron chi connectivity index (χ1n) is 9.68. The number of morpholine rings is 1. The molecule has 2 aromatic rings. The van der Waals surface area contributed by atoms with Crippen molar-refractivity contribution in [3.8, 4) is 5.69 Å². The van der Waals surface area contributed by atoms with Crippen LogP contribution in [0, 0.1) is 13.8 Å². The van der Waals surface area contributed by atoms with Crippen LogP contribution in [0.1, 0.15) is 30.8 Å². The lowest BCUT2D eigenvalue weighted by Crippen LogP contribution is -2.55. The van der Waals surface area contributed by atoms with Crippen molar-refractivity contribution in [1.82, 2.24) is 20.0 Å². The van der Waals surface area contributed by atoms with E-state index >= 15 is 0 Å². The van der Waals surface area contributed by atoms with Crippen LogP contribution in [0.15, 0.2) is 24.3 Å². The smallest absolute Gasteiger partial charge is 0.224 e. The number of aryl methyl sites for hydroxylation is 1. The Balaban J connectivity index is 1.65. The number of halogens is 1. The molecule has 1 aromatic carbocycles. The number of rotatable bonds is 6. The van der Waals surface area contributed by atoms with Crippen molar-refractivity contribution in [3.05, 3.63) is 46.2 Å². The van der Waals surface area contributed by atoms with Crippen LogP contribution < -0.4 is 5.32 Å². The van der Waals surface area contributed by atoms with Gasteiger partial charge in [-0.2, -0.15) is 5.10 Å². The van der Waals surface area contributed by atoms with Gasteiger partial charge in [-0.3, -0.25) is 9.69 Å². The summed E-state index contributed by atoms with van der Waals surface area (Å²) in [6, 6.07) is 7.54. The van der Waals surface area contributed by atoms with Crippen LogP contribution in [0.2, 0.25) is 5.02 Å². The van der Waals surface area contributed by atoms with Crippen LogP contribution in [0.5, 0.6) is 0 Å². The van der Waals surface area contributed by atoms with Crippen molar-refractivity contribution in [3.63, 3.8) is 0 Å². The molecule has 0 unspecified atom stereocenters. The number of nitrogens with one attached hydrogen (secondary N) is 1. The summed E-state index contributed by atoms with van der Waals surface area (Å²) in [4.78, 5) is 15.0. The third-order valence-corrected chi connectivity index (χ3v) is 5.69. The molecular weight excluding hydrogens is 376 g/mol. The molecule has 1 aliphatic heterocycles. The Morgan fingerprint density at radius 1 is 1.21 bits per heavy atom. The molecule has 3 rings (SSSR count). The van der Waals surface area contributed by atoms with Gasteiger partial charge in [0.05, 0.1) is 31.0 Å². The van der Waals surface area contributed by atoms with Crippen LogP contribution >= 0.6 is 11.6 Å². The van der Waals surface area contributed by atoms with Gasteiger partial charge in [0.25, 0.3) is 0 Å². The molecule has 1 aliphatic rings. The summed E-state index contributed by atoms with van der Waals surface area (Å²) in [5.74, 6) is 0.0168. The zero-order valence-corrected chi connectivity index (χ0v) is 17.8. The third-order valence-electron chi connectivity index (χ3n) is 5.44. The number of benzene rings is 1. The SMILES string of the molecule is Cc1nn(-c2ccc(Cl)cc2)c(C)c1CC(=O)NCC(C)(C)N1CCOCC1. The molecule has 1 fully saturated rings. The second-order valence-corrected chi connectivity index (χ2v) is 8.34. The first kappa shape index (κ1) is 20.8. The molecule has 0 atom stereocenters. The Morgan fingerprint density at radius 2 is 1.86 bits per heavy atom. The molecule has 0 spiro atoms. The molecule has 152 valence electrons. The van der Waals surface area contributed by atoms with E-state index in [0.717, 1.165) is 48.9 Å². The highest BCUT2D eigenvalue weighted by Gasteiger charge is 2.28. The van der Waals surface area contributed by atoms with Crippen LogP contribution in [0.3, 0.4) is 0 Å². The first-order chi connectivity index (χ1) is 13.3. The molecule has 1 amide bonds. The lowest BCUT2D eigenvalue weighted by molar-refractivity contribution is -0.121. The topological polar surface area (TPSA) is 59.4 Å². The number of amides is 1. The van der Waals surface area contributed by atoms with E-state index in [2.05, 4.69) is 29.2 Å². The molecule has 7 heteroatoms. The molecule has 6 nitrogen and oxygen atoms in total. The zero-order valence-electron chi connectivity index (χ0n) is 17.1. The number of aromatic nitrogens is 2. The number of hydrogen-bond acceptors (Lipinski definition) is 4. The fraction of sp³-hybridized carbons (Fsp3) is 0.524. The highest BCUT2D eigenvalue weighted by atomic mass is 35.5. The van der Waals surface area contributed by atoms with Crippen molar-refractivity contribution < 1.29 is 9.53 Å². The van der Waals surface area contributed by atoms with E-state index in [0.29, 0.717) is 18.0 Å². The maximum atomic E-state index is 12.6. The normalized spacial score (nSPS) is 15.6. The number of nitrogens with zero attached hydrogens (tertiary/aromatic N) is 3.